The average molecular weight is 192 g/mol. The van der Waals surface area contributed by atoms with Crippen LogP contribution in [0.25, 0.3) is 0 Å². The molecule has 14 heavy (non-hydrogen) atoms. The SMILES string of the molecule is C=CCN1CCCCC1.N#CNC#N. The van der Waals surface area contributed by atoms with Crippen LogP contribution in [0.3, 0.4) is 0 Å². The molecule has 4 heteroatoms. The first kappa shape index (κ1) is 12.5. The molecule has 1 saturated heterocycles. The summed E-state index contributed by atoms with van der Waals surface area (Å²) in [4.78, 5) is 2.45. The minimum atomic E-state index is 1.08. The van der Waals surface area contributed by atoms with Crippen LogP contribution in [0.2, 0.25) is 0 Å². The highest BCUT2D eigenvalue weighted by Gasteiger charge is 2.06. The molecule has 0 atom stereocenters. The lowest BCUT2D eigenvalue weighted by Gasteiger charge is -2.24. The minimum absolute atomic E-state index is 1.08. The summed E-state index contributed by atoms with van der Waals surface area (Å²) in [6.45, 7) is 7.36. The molecule has 0 amide bonds. The van der Waals surface area contributed by atoms with E-state index >= 15 is 0 Å². The van der Waals surface area contributed by atoms with Gasteiger partial charge >= 0.3 is 0 Å². The molecular formula is C10H16N4. The van der Waals surface area contributed by atoms with Crippen molar-refractivity contribution in [3.05, 3.63) is 12.7 Å². The molecular weight excluding hydrogens is 176 g/mol. The van der Waals surface area contributed by atoms with Crippen molar-refractivity contribution in [3.8, 4) is 12.4 Å². The molecule has 1 fully saturated rings. The van der Waals surface area contributed by atoms with Gasteiger partial charge < -0.3 is 0 Å². The topological polar surface area (TPSA) is 62.9 Å². The lowest BCUT2D eigenvalue weighted by Crippen LogP contribution is -2.29. The second-order valence-electron chi connectivity index (χ2n) is 3.00. The summed E-state index contributed by atoms with van der Waals surface area (Å²) in [5.41, 5.74) is 0. The Morgan fingerprint density at radius 3 is 2.14 bits per heavy atom. The van der Waals surface area contributed by atoms with Crippen molar-refractivity contribution in [2.24, 2.45) is 0 Å². The Morgan fingerprint density at radius 1 is 1.21 bits per heavy atom. The third-order valence-corrected chi connectivity index (χ3v) is 1.95. The molecule has 0 aliphatic carbocycles. The summed E-state index contributed by atoms with van der Waals surface area (Å²) >= 11 is 0. The van der Waals surface area contributed by atoms with E-state index in [9.17, 15) is 0 Å². The molecule has 0 spiro atoms. The van der Waals surface area contributed by atoms with Gasteiger partial charge in [0.1, 0.15) is 0 Å². The quantitative estimate of drug-likeness (QED) is 0.405. The van der Waals surface area contributed by atoms with Crippen LogP contribution < -0.4 is 5.32 Å². The first-order valence-corrected chi connectivity index (χ1v) is 4.71. The highest BCUT2D eigenvalue weighted by Crippen LogP contribution is 2.07. The van der Waals surface area contributed by atoms with E-state index in [0.29, 0.717) is 0 Å². The largest absolute Gasteiger partial charge is 0.300 e. The van der Waals surface area contributed by atoms with Gasteiger partial charge in [-0.05, 0) is 25.9 Å². The Balaban J connectivity index is 0.000000292. The van der Waals surface area contributed by atoms with E-state index in [1.54, 1.807) is 5.32 Å². The lowest BCUT2D eigenvalue weighted by molar-refractivity contribution is 0.251. The van der Waals surface area contributed by atoms with Crippen LogP contribution in [-0.4, -0.2) is 24.5 Å². The van der Waals surface area contributed by atoms with E-state index in [-0.39, 0.29) is 0 Å². The molecule has 0 aromatic carbocycles. The lowest BCUT2D eigenvalue weighted by atomic mass is 10.1. The zero-order chi connectivity index (χ0) is 10.6. The molecule has 0 radical (unpaired) electrons. The van der Waals surface area contributed by atoms with Gasteiger partial charge in [0.05, 0.1) is 0 Å². The number of rotatable bonds is 2. The fraction of sp³-hybridized carbons (Fsp3) is 0.600. The third-order valence-electron chi connectivity index (χ3n) is 1.95. The first-order chi connectivity index (χ1) is 6.85. The number of nitriles is 2. The number of likely N-dealkylation sites (tertiary alicyclic amines) is 1. The van der Waals surface area contributed by atoms with E-state index in [4.69, 9.17) is 10.5 Å². The molecule has 1 rings (SSSR count). The van der Waals surface area contributed by atoms with Gasteiger partial charge in [-0.25, -0.2) is 5.32 Å². The van der Waals surface area contributed by atoms with Crippen LogP contribution >= 0.6 is 0 Å². The third kappa shape index (κ3) is 7.15. The van der Waals surface area contributed by atoms with Crippen molar-refractivity contribution < 1.29 is 0 Å². The van der Waals surface area contributed by atoms with Crippen molar-refractivity contribution in [1.82, 2.24) is 10.2 Å². The molecule has 1 heterocycles. The van der Waals surface area contributed by atoms with E-state index in [0.717, 1.165) is 6.54 Å². The maximum Gasteiger partial charge on any atom is 0.190 e. The summed E-state index contributed by atoms with van der Waals surface area (Å²) < 4.78 is 0. The maximum atomic E-state index is 7.48. The van der Waals surface area contributed by atoms with Gasteiger partial charge in [0, 0.05) is 6.54 Å². The molecule has 4 nitrogen and oxygen atoms in total. The van der Waals surface area contributed by atoms with Crippen LogP contribution in [-0.2, 0) is 0 Å². The fourth-order valence-electron chi connectivity index (χ4n) is 1.35. The minimum Gasteiger partial charge on any atom is -0.300 e. The number of hydrogen-bond donors (Lipinski definition) is 1. The predicted molar refractivity (Wildman–Crippen MR) is 54.8 cm³/mol. The number of hydrogen-bond acceptors (Lipinski definition) is 4. The van der Waals surface area contributed by atoms with Crippen LogP contribution in [0.4, 0.5) is 0 Å². The summed E-state index contributed by atoms with van der Waals surface area (Å²) in [5.74, 6) is 0. The zero-order valence-electron chi connectivity index (χ0n) is 8.37. The fourth-order valence-corrected chi connectivity index (χ4v) is 1.35. The summed E-state index contributed by atoms with van der Waals surface area (Å²) in [6, 6.07) is 0. The molecule has 0 aromatic rings. The summed E-state index contributed by atoms with van der Waals surface area (Å²) in [6.07, 6.45) is 8.99. The number of piperidine rings is 1. The van der Waals surface area contributed by atoms with Crippen LogP contribution in [0, 0.1) is 22.9 Å². The standard InChI is InChI=1S/C8H15N.C2HN3/c1-2-6-9-7-4-3-5-8-9;3-1-5-2-4/h2H,1,3-8H2;5H. The molecule has 1 aliphatic heterocycles. The van der Waals surface area contributed by atoms with Crippen LogP contribution in [0.15, 0.2) is 12.7 Å². The molecule has 1 aliphatic rings. The number of nitrogens with zero attached hydrogens (tertiary/aromatic N) is 3. The van der Waals surface area contributed by atoms with Crippen molar-refractivity contribution >= 4 is 0 Å². The van der Waals surface area contributed by atoms with E-state index in [1.807, 2.05) is 6.08 Å². The monoisotopic (exact) mass is 192 g/mol. The summed E-state index contributed by atoms with van der Waals surface area (Å²) in [5, 5.41) is 16.7. The van der Waals surface area contributed by atoms with Crippen LogP contribution in [0.1, 0.15) is 19.3 Å². The van der Waals surface area contributed by atoms with Gasteiger partial charge in [-0.2, -0.15) is 10.5 Å². The van der Waals surface area contributed by atoms with E-state index in [2.05, 4.69) is 11.5 Å². The van der Waals surface area contributed by atoms with Crippen LogP contribution in [0.5, 0.6) is 0 Å². The van der Waals surface area contributed by atoms with Gasteiger partial charge in [0.25, 0.3) is 0 Å². The first-order valence-electron chi connectivity index (χ1n) is 4.71. The van der Waals surface area contributed by atoms with Gasteiger partial charge in [-0.1, -0.05) is 12.5 Å². The van der Waals surface area contributed by atoms with Gasteiger partial charge in [-0.15, -0.1) is 6.58 Å². The van der Waals surface area contributed by atoms with Crippen molar-refractivity contribution in [2.75, 3.05) is 19.6 Å². The second kappa shape index (κ2) is 9.57. The Labute approximate surface area is 85.4 Å². The number of nitrogens with one attached hydrogen (secondary N) is 1. The van der Waals surface area contributed by atoms with Crippen molar-refractivity contribution in [3.63, 3.8) is 0 Å². The highest BCUT2D eigenvalue weighted by atomic mass is 15.1. The highest BCUT2D eigenvalue weighted by molar-refractivity contribution is 4.77. The molecule has 0 unspecified atom stereocenters. The van der Waals surface area contributed by atoms with Gasteiger partial charge in [0.15, 0.2) is 12.4 Å². The van der Waals surface area contributed by atoms with E-state index < -0.39 is 0 Å². The average Bonchev–Trinajstić information content (AvgIpc) is 2.22. The molecule has 0 aromatic heterocycles. The smallest absolute Gasteiger partial charge is 0.190 e. The maximum absolute atomic E-state index is 7.48. The Bertz CT molecular complexity index is 205. The molecule has 1 N–H and O–H groups in total. The van der Waals surface area contributed by atoms with Crippen molar-refractivity contribution in [1.29, 1.82) is 10.5 Å². The van der Waals surface area contributed by atoms with Crippen molar-refractivity contribution in [2.45, 2.75) is 19.3 Å². The predicted octanol–water partition coefficient (Wildman–Crippen LogP) is 1.20. The zero-order valence-corrected chi connectivity index (χ0v) is 8.37. The second-order valence-corrected chi connectivity index (χ2v) is 3.00. The van der Waals surface area contributed by atoms with Gasteiger partial charge in [-0.3, -0.25) is 4.90 Å². The Morgan fingerprint density at radius 2 is 1.79 bits per heavy atom. The molecule has 0 bridgehead atoms. The molecule has 0 saturated carbocycles. The normalized spacial score (nSPS) is 15.3. The molecule has 76 valence electrons. The van der Waals surface area contributed by atoms with E-state index in [1.165, 1.54) is 44.7 Å². The van der Waals surface area contributed by atoms with Gasteiger partial charge in [0.2, 0.25) is 0 Å². The Kier molecular flexibility index (Phi) is 8.53. The summed E-state index contributed by atoms with van der Waals surface area (Å²) in [7, 11) is 0. The Hall–Kier alpha value is -1.52.